The highest BCUT2D eigenvalue weighted by Crippen LogP contribution is 2.35. The van der Waals surface area contributed by atoms with Crippen LogP contribution >= 0.6 is 12.2 Å². The van der Waals surface area contributed by atoms with Crippen molar-refractivity contribution in [1.82, 2.24) is 14.3 Å². The van der Waals surface area contributed by atoms with Crippen LogP contribution in [0, 0.1) is 14.9 Å². The topological polar surface area (TPSA) is 78.4 Å². The van der Waals surface area contributed by atoms with Gasteiger partial charge >= 0.3 is 0 Å². The van der Waals surface area contributed by atoms with E-state index in [1.165, 1.54) is 0 Å². The maximum absolute atomic E-state index is 11.1. The molecule has 0 spiro atoms. The maximum Gasteiger partial charge on any atom is 0.269 e. The molecule has 0 saturated carbocycles. The van der Waals surface area contributed by atoms with Gasteiger partial charge in [-0.3, -0.25) is 10.1 Å². The van der Waals surface area contributed by atoms with Gasteiger partial charge in [-0.15, -0.1) is 5.10 Å². The lowest BCUT2D eigenvalue weighted by molar-refractivity contribution is -0.384. The van der Waals surface area contributed by atoms with Crippen molar-refractivity contribution >= 4 is 23.6 Å². The van der Waals surface area contributed by atoms with E-state index in [-0.39, 0.29) is 16.7 Å². The van der Waals surface area contributed by atoms with E-state index >= 15 is 0 Å². The molecule has 1 aliphatic heterocycles. The zero-order chi connectivity index (χ0) is 20.7. The first-order valence-electron chi connectivity index (χ1n) is 9.21. The first-order chi connectivity index (χ1) is 13.9. The van der Waals surface area contributed by atoms with Crippen LogP contribution in [0.2, 0.25) is 0 Å². The lowest BCUT2D eigenvalue weighted by Gasteiger charge is -2.24. The summed E-state index contributed by atoms with van der Waals surface area (Å²) in [4.78, 5) is 12.9. The van der Waals surface area contributed by atoms with Crippen LogP contribution in [-0.2, 0) is 20.1 Å². The van der Waals surface area contributed by atoms with E-state index in [4.69, 9.17) is 22.1 Å². The first kappa shape index (κ1) is 19.1. The van der Waals surface area contributed by atoms with Crippen LogP contribution in [0.4, 0.5) is 11.4 Å². The molecule has 1 atom stereocenters. The summed E-state index contributed by atoms with van der Waals surface area (Å²) in [6.07, 6.45) is 0.752. The minimum atomic E-state index is -0.358. The number of rotatable bonds is 5. The fourth-order valence-electron chi connectivity index (χ4n) is 3.73. The van der Waals surface area contributed by atoms with Crippen molar-refractivity contribution in [3.63, 3.8) is 0 Å². The number of hydrogen-bond donors (Lipinski definition) is 0. The van der Waals surface area contributed by atoms with Crippen molar-refractivity contribution in [2.45, 2.75) is 26.1 Å². The lowest BCUT2D eigenvalue weighted by atomic mass is 10.1. The molecule has 0 fully saturated rings. The molecule has 0 radical (unpaired) electrons. The molecule has 150 valence electrons. The second-order valence-corrected chi connectivity index (χ2v) is 7.49. The fraction of sp³-hybridized carbons (Fsp3) is 0.300. The van der Waals surface area contributed by atoms with Gasteiger partial charge in [0.15, 0.2) is 10.6 Å². The molecule has 4 rings (SSSR count). The van der Waals surface area contributed by atoms with E-state index in [0.29, 0.717) is 11.4 Å². The van der Waals surface area contributed by atoms with E-state index in [0.717, 1.165) is 34.8 Å². The first-order valence-corrected chi connectivity index (χ1v) is 9.62. The summed E-state index contributed by atoms with van der Waals surface area (Å²) in [5, 5.41) is 15.8. The van der Waals surface area contributed by atoms with Crippen molar-refractivity contribution in [1.29, 1.82) is 0 Å². The molecule has 0 amide bonds. The number of non-ortho nitro benzene ring substituents is 1. The van der Waals surface area contributed by atoms with Gasteiger partial charge in [0.05, 0.1) is 12.0 Å². The Morgan fingerprint density at radius 3 is 2.66 bits per heavy atom. The molecule has 0 aliphatic carbocycles. The molecule has 29 heavy (non-hydrogen) atoms. The van der Waals surface area contributed by atoms with Gasteiger partial charge in [-0.25, -0.2) is 4.68 Å². The summed E-state index contributed by atoms with van der Waals surface area (Å²) in [5.74, 6) is 1.56. The minimum Gasteiger partial charge on any atom is -0.497 e. The van der Waals surface area contributed by atoms with Crippen LogP contribution in [-0.4, -0.2) is 32.4 Å². The van der Waals surface area contributed by atoms with Crippen LogP contribution in [0.25, 0.3) is 11.4 Å². The summed E-state index contributed by atoms with van der Waals surface area (Å²) in [7, 11) is 3.53. The zero-order valence-electron chi connectivity index (χ0n) is 16.4. The molecule has 2 heterocycles. The monoisotopic (exact) mass is 411 g/mol. The third-order valence-corrected chi connectivity index (χ3v) is 5.79. The number of fused-ring (bicyclic) bond motifs is 1. The van der Waals surface area contributed by atoms with Crippen molar-refractivity contribution < 1.29 is 9.66 Å². The van der Waals surface area contributed by atoms with Crippen LogP contribution < -0.4 is 9.64 Å². The lowest BCUT2D eigenvalue weighted by Crippen LogP contribution is -2.32. The molecule has 1 aliphatic rings. The van der Waals surface area contributed by atoms with Gasteiger partial charge in [-0.1, -0.05) is 0 Å². The molecule has 2 aromatic carbocycles. The van der Waals surface area contributed by atoms with E-state index < -0.39 is 0 Å². The molecule has 3 aromatic rings. The van der Waals surface area contributed by atoms with Gasteiger partial charge in [-0.05, 0) is 61.5 Å². The number of anilines is 1. The standard InChI is InChI=1S/C20H21N5O3S/c1-13-10-15-11-16(25(26)27)6-9-18(15)23(13)12-24-20(29)22(2)19(21-24)14-4-7-17(28-3)8-5-14/h4-9,11,13H,10,12H2,1-3H3. The highest BCUT2D eigenvalue weighted by molar-refractivity contribution is 7.71. The van der Waals surface area contributed by atoms with Crippen molar-refractivity contribution in [3.8, 4) is 17.1 Å². The summed E-state index contributed by atoms with van der Waals surface area (Å²) in [6.45, 7) is 2.58. The Hall–Kier alpha value is -3.20. The van der Waals surface area contributed by atoms with Gasteiger partial charge in [0.2, 0.25) is 0 Å². The number of aromatic nitrogens is 3. The van der Waals surface area contributed by atoms with E-state index in [9.17, 15) is 10.1 Å². The molecule has 0 N–H and O–H groups in total. The molecular weight excluding hydrogens is 390 g/mol. The SMILES string of the molecule is COc1ccc(-c2nn(CN3c4ccc([N+](=O)[O-])cc4CC3C)c(=S)n2C)cc1. The molecule has 1 unspecified atom stereocenters. The van der Waals surface area contributed by atoms with Crippen LogP contribution in [0.3, 0.4) is 0 Å². The molecule has 0 bridgehead atoms. The van der Waals surface area contributed by atoms with E-state index in [1.807, 2.05) is 41.9 Å². The van der Waals surface area contributed by atoms with Crippen LogP contribution in [0.1, 0.15) is 12.5 Å². The van der Waals surface area contributed by atoms with Gasteiger partial charge in [0, 0.05) is 36.5 Å². The molecule has 0 saturated heterocycles. The molecule has 8 nitrogen and oxygen atoms in total. The van der Waals surface area contributed by atoms with E-state index in [2.05, 4.69) is 11.8 Å². The maximum atomic E-state index is 11.1. The quantitative estimate of drug-likeness (QED) is 0.359. The van der Waals surface area contributed by atoms with Crippen molar-refractivity contribution in [2.75, 3.05) is 12.0 Å². The number of nitrogens with zero attached hydrogens (tertiary/aromatic N) is 5. The van der Waals surface area contributed by atoms with Gasteiger partial charge < -0.3 is 14.2 Å². The summed E-state index contributed by atoms with van der Waals surface area (Å²) in [6, 6.07) is 12.9. The number of ether oxygens (including phenoxy) is 1. The number of hydrogen-bond acceptors (Lipinski definition) is 6. The Morgan fingerprint density at radius 1 is 1.28 bits per heavy atom. The minimum absolute atomic E-state index is 0.119. The van der Waals surface area contributed by atoms with Gasteiger partial charge in [0.1, 0.15) is 12.4 Å². The molecule has 1 aromatic heterocycles. The normalized spacial score (nSPS) is 15.4. The predicted molar refractivity (Wildman–Crippen MR) is 113 cm³/mol. The van der Waals surface area contributed by atoms with Gasteiger partial charge in [0.25, 0.3) is 5.69 Å². The Bertz CT molecular complexity index is 1140. The average Bonchev–Trinajstić information content (AvgIpc) is 3.18. The largest absolute Gasteiger partial charge is 0.497 e. The van der Waals surface area contributed by atoms with Crippen molar-refractivity contribution in [2.24, 2.45) is 7.05 Å². The highest BCUT2D eigenvalue weighted by atomic mass is 32.1. The number of methoxy groups -OCH3 is 1. The zero-order valence-corrected chi connectivity index (χ0v) is 17.2. The Morgan fingerprint density at radius 2 is 2.00 bits per heavy atom. The highest BCUT2D eigenvalue weighted by Gasteiger charge is 2.28. The van der Waals surface area contributed by atoms with Crippen LogP contribution in [0.5, 0.6) is 5.75 Å². The molecule has 9 heteroatoms. The third kappa shape index (κ3) is 3.38. The number of nitro benzene ring substituents is 1. The third-order valence-electron chi connectivity index (χ3n) is 5.31. The van der Waals surface area contributed by atoms with Crippen LogP contribution in [0.15, 0.2) is 42.5 Å². The second-order valence-electron chi connectivity index (χ2n) is 7.13. The Labute approximate surface area is 173 Å². The number of benzene rings is 2. The summed E-state index contributed by atoms with van der Waals surface area (Å²) >= 11 is 5.61. The smallest absolute Gasteiger partial charge is 0.269 e. The fourth-order valence-corrected chi connectivity index (χ4v) is 3.91. The molecular formula is C20H21N5O3S. The Kier molecular flexibility index (Phi) is 4.83. The van der Waals surface area contributed by atoms with E-state index in [1.54, 1.807) is 23.9 Å². The summed E-state index contributed by atoms with van der Waals surface area (Å²) < 4.78 is 9.51. The number of nitro groups is 1. The predicted octanol–water partition coefficient (Wildman–Crippen LogP) is 3.94. The Balaban J connectivity index is 1.65. The van der Waals surface area contributed by atoms with Gasteiger partial charge in [-0.2, -0.15) is 0 Å². The average molecular weight is 411 g/mol. The second kappa shape index (κ2) is 7.32. The van der Waals surface area contributed by atoms with Crippen molar-refractivity contribution in [3.05, 3.63) is 62.9 Å². The summed E-state index contributed by atoms with van der Waals surface area (Å²) in [5.41, 5.74) is 3.03.